The highest BCUT2D eigenvalue weighted by Gasteiger charge is 2.24. The van der Waals surface area contributed by atoms with Crippen molar-refractivity contribution in [3.05, 3.63) is 21.7 Å². The fourth-order valence-corrected chi connectivity index (χ4v) is 4.47. The third-order valence-corrected chi connectivity index (χ3v) is 5.75. The van der Waals surface area contributed by atoms with Gasteiger partial charge in [0.2, 0.25) is 0 Å². The van der Waals surface area contributed by atoms with E-state index in [4.69, 9.17) is 17.2 Å². The van der Waals surface area contributed by atoms with E-state index < -0.39 is 0 Å². The van der Waals surface area contributed by atoms with Crippen molar-refractivity contribution in [3.8, 4) is 0 Å². The van der Waals surface area contributed by atoms with Crippen molar-refractivity contribution in [2.75, 3.05) is 0 Å². The van der Waals surface area contributed by atoms with Gasteiger partial charge in [-0.2, -0.15) is 0 Å². The van der Waals surface area contributed by atoms with Crippen LogP contribution in [0.1, 0.15) is 87.7 Å². The predicted molar refractivity (Wildman–Crippen MR) is 90.3 cm³/mol. The molecular weight excluding hydrogens is 276 g/mol. The second kappa shape index (κ2) is 7.04. The molecule has 1 aromatic rings. The van der Waals surface area contributed by atoms with Crippen LogP contribution >= 0.6 is 12.2 Å². The van der Waals surface area contributed by atoms with E-state index in [1.54, 1.807) is 0 Å². The SMILES string of the molecule is CCCC1CCC(c2nc(=S)c3c([nH]2)CCCCC3)CC1. The molecule has 1 saturated carbocycles. The van der Waals surface area contributed by atoms with E-state index in [1.807, 2.05) is 0 Å². The van der Waals surface area contributed by atoms with Crippen molar-refractivity contribution in [1.82, 2.24) is 9.97 Å². The molecule has 0 spiro atoms. The monoisotopic (exact) mass is 304 g/mol. The average molecular weight is 305 g/mol. The molecule has 0 bridgehead atoms. The quantitative estimate of drug-likeness (QED) is 0.591. The van der Waals surface area contributed by atoms with Crippen molar-refractivity contribution >= 4 is 12.2 Å². The number of aromatic amines is 1. The largest absolute Gasteiger partial charge is 0.347 e. The molecular formula is C18H28N2S. The molecule has 2 nitrogen and oxygen atoms in total. The summed E-state index contributed by atoms with van der Waals surface area (Å²) < 4.78 is 0.885. The van der Waals surface area contributed by atoms with Crippen LogP contribution in [0.2, 0.25) is 0 Å². The number of nitrogens with one attached hydrogen (secondary N) is 1. The molecule has 0 aliphatic heterocycles. The lowest BCUT2D eigenvalue weighted by Crippen LogP contribution is -2.16. The molecule has 116 valence electrons. The Hall–Kier alpha value is -0.700. The lowest BCUT2D eigenvalue weighted by molar-refractivity contribution is 0.302. The Kier molecular flexibility index (Phi) is 5.10. The predicted octanol–water partition coefficient (Wildman–Crippen LogP) is 5.48. The van der Waals surface area contributed by atoms with E-state index in [2.05, 4.69) is 11.9 Å². The summed E-state index contributed by atoms with van der Waals surface area (Å²) in [5.41, 5.74) is 2.74. The highest BCUT2D eigenvalue weighted by molar-refractivity contribution is 7.71. The van der Waals surface area contributed by atoms with Crippen molar-refractivity contribution < 1.29 is 0 Å². The second-order valence-corrected chi connectivity index (χ2v) is 7.34. The summed E-state index contributed by atoms with van der Waals surface area (Å²) in [7, 11) is 0. The highest BCUT2D eigenvalue weighted by Crippen LogP contribution is 2.36. The van der Waals surface area contributed by atoms with Crippen molar-refractivity contribution in [3.63, 3.8) is 0 Å². The first-order valence-corrected chi connectivity index (χ1v) is 9.30. The lowest BCUT2D eigenvalue weighted by atomic mass is 9.79. The summed E-state index contributed by atoms with van der Waals surface area (Å²) in [4.78, 5) is 8.47. The van der Waals surface area contributed by atoms with Gasteiger partial charge in [-0.05, 0) is 57.3 Å². The standard InChI is InChI=1S/C18H28N2S/c1-2-6-13-9-11-14(12-10-13)17-19-16-8-5-3-4-7-15(16)18(21)20-17/h13-14H,2-12H2,1H3,(H,19,20,21). The minimum Gasteiger partial charge on any atom is -0.347 e. The second-order valence-electron chi connectivity index (χ2n) is 6.95. The van der Waals surface area contributed by atoms with Crippen LogP contribution in [0.3, 0.4) is 0 Å². The van der Waals surface area contributed by atoms with Gasteiger partial charge < -0.3 is 4.98 Å². The number of nitrogens with zero attached hydrogens (tertiary/aromatic N) is 1. The van der Waals surface area contributed by atoms with Crippen LogP contribution in [0.15, 0.2) is 0 Å². The Morgan fingerprint density at radius 1 is 1.10 bits per heavy atom. The van der Waals surface area contributed by atoms with E-state index in [0.29, 0.717) is 5.92 Å². The van der Waals surface area contributed by atoms with Crippen LogP contribution in [-0.2, 0) is 12.8 Å². The van der Waals surface area contributed by atoms with Gasteiger partial charge in [-0.15, -0.1) is 0 Å². The smallest absolute Gasteiger partial charge is 0.133 e. The van der Waals surface area contributed by atoms with Crippen LogP contribution in [0.5, 0.6) is 0 Å². The van der Waals surface area contributed by atoms with Crippen LogP contribution in [0, 0.1) is 10.6 Å². The molecule has 0 radical (unpaired) electrons. The van der Waals surface area contributed by atoms with E-state index in [1.165, 1.54) is 81.3 Å². The molecule has 0 amide bonds. The van der Waals surface area contributed by atoms with Gasteiger partial charge in [-0.3, -0.25) is 0 Å². The van der Waals surface area contributed by atoms with Crippen molar-refractivity contribution in [2.45, 2.75) is 83.5 Å². The Labute approximate surface area is 133 Å². The number of rotatable bonds is 3. The molecule has 0 saturated heterocycles. The molecule has 3 heteroatoms. The number of hydrogen-bond donors (Lipinski definition) is 1. The van der Waals surface area contributed by atoms with Gasteiger partial charge in [0.15, 0.2) is 0 Å². The first kappa shape index (κ1) is 15.2. The van der Waals surface area contributed by atoms with E-state index in [9.17, 15) is 0 Å². The molecule has 1 fully saturated rings. The van der Waals surface area contributed by atoms with Gasteiger partial charge in [-0.1, -0.05) is 38.4 Å². The molecule has 0 aromatic carbocycles. The Bertz CT molecular complexity index is 527. The summed E-state index contributed by atoms with van der Waals surface area (Å²) in [6.07, 6.45) is 14.3. The molecule has 2 aliphatic rings. The van der Waals surface area contributed by atoms with Gasteiger partial charge in [0.05, 0.1) is 0 Å². The Morgan fingerprint density at radius 3 is 2.62 bits per heavy atom. The average Bonchev–Trinajstić information content (AvgIpc) is 2.74. The molecule has 2 aliphatic carbocycles. The summed E-state index contributed by atoms with van der Waals surface area (Å²) in [6.45, 7) is 2.30. The Balaban J connectivity index is 1.76. The molecule has 0 unspecified atom stereocenters. The Morgan fingerprint density at radius 2 is 1.86 bits per heavy atom. The normalized spacial score (nSPS) is 26.1. The molecule has 1 heterocycles. The summed E-state index contributed by atoms with van der Waals surface area (Å²) in [5.74, 6) is 2.76. The zero-order chi connectivity index (χ0) is 14.7. The zero-order valence-electron chi connectivity index (χ0n) is 13.3. The number of aryl methyl sites for hydroxylation is 1. The number of aromatic nitrogens is 2. The third-order valence-electron chi connectivity index (χ3n) is 5.41. The minimum atomic E-state index is 0.619. The third kappa shape index (κ3) is 3.56. The van der Waals surface area contributed by atoms with Crippen LogP contribution in [0.4, 0.5) is 0 Å². The van der Waals surface area contributed by atoms with Gasteiger partial charge >= 0.3 is 0 Å². The number of fused-ring (bicyclic) bond motifs is 1. The van der Waals surface area contributed by atoms with Gasteiger partial charge in [0, 0.05) is 17.2 Å². The van der Waals surface area contributed by atoms with Gasteiger partial charge in [0.1, 0.15) is 10.5 Å². The van der Waals surface area contributed by atoms with Gasteiger partial charge in [-0.25, -0.2) is 4.98 Å². The molecule has 3 rings (SSSR count). The number of hydrogen-bond acceptors (Lipinski definition) is 2. The molecule has 1 N–H and O–H groups in total. The van der Waals surface area contributed by atoms with Crippen molar-refractivity contribution in [2.24, 2.45) is 5.92 Å². The van der Waals surface area contributed by atoms with Crippen LogP contribution in [0.25, 0.3) is 0 Å². The highest BCUT2D eigenvalue weighted by atomic mass is 32.1. The number of H-pyrrole nitrogens is 1. The fraction of sp³-hybridized carbons (Fsp3) is 0.778. The molecule has 1 aromatic heterocycles. The molecule has 0 atom stereocenters. The first-order chi connectivity index (χ1) is 10.3. The van der Waals surface area contributed by atoms with Crippen LogP contribution < -0.4 is 0 Å². The van der Waals surface area contributed by atoms with E-state index in [-0.39, 0.29) is 0 Å². The molecule has 21 heavy (non-hydrogen) atoms. The fourth-order valence-electron chi connectivity index (χ4n) is 4.14. The lowest BCUT2D eigenvalue weighted by Gasteiger charge is -2.28. The van der Waals surface area contributed by atoms with Crippen LogP contribution in [-0.4, -0.2) is 9.97 Å². The maximum atomic E-state index is 5.59. The summed E-state index contributed by atoms with van der Waals surface area (Å²) in [6, 6.07) is 0. The maximum absolute atomic E-state index is 5.59. The zero-order valence-corrected chi connectivity index (χ0v) is 14.1. The first-order valence-electron chi connectivity index (χ1n) is 8.90. The summed E-state index contributed by atoms with van der Waals surface area (Å²) in [5, 5.41) is 0. The topological polar surface area (TPSA) is 28.7 Å². The van der Waals surface area contributed by atoms with E-state index in [0.717, 1.165) is 17.0 Å². The van der Waals surface area contributed by atoms with E-state index >= 15 is 0 Å². The van der Waals surface area contributed by atoms with Gasteiger partial charge in [0.25, 0.3) is 0 Å². The minimum absolute atomic E-state index is 0.619. The maximum Gasteiger partial charge on any atom is 0.133 e. The van der Waals surface area contributed by atoms with Crippen molar-refractivity contribution in [1.29, 1.82) is 0 Å². The summed E-state index contributed by atoms with van der Waals surface area (Å²) >= 11 is 5.59.